The summed E-state index contributed by atoms with van der Waals surface area (Å²) in [6.07, 6.45) is 0. The zero-order valence-corrected chi connectivity index (χ0v) is 15.9. The fraction of sp³-hybridized carbons (Fsp3) is 0.273. The first-order chi connectivity index (χ1) is 12.6. The van der Waals surface area contributed by atoms with Crippen molar-refractivity contribution in [1.29, 1.82) is 0 Å². The molecule has 0 fully saturated rings. The van der Waals surface area contributed by atoms with E-state index in [9.17, 15) is 0 Å². The maximum absolute atomic E-state index is 4.74. The molecule has 0 radical (unpaired) electrons. The van der Waals surface area contributed by atoms with Crippen LogP contribution in [-0.4, -0.2) is 16.5 Å². The molecule has 4 heteroatoms. The van der Waals surface area contributed by atoms with Crippen LogP contribution in [0.5, 0.6) is 0 Å². The molecule has 3 aromatic rings. The Bertz CT molecular complexity index is 842. The molecule has 2 aromatic carbocycles. The second kappa shape index (κ2) is 8.00. The van der Waals surface area contributed by atoms with E-state index < -0.39 is 0 Å². The average molecular weight is 346 g/mol. The minimum Gasteiger partial charge on any atom is -0.326 e. The summed E-state index contributed by atoms with van der Waals surface area (Å²) < 4.78 is 0. The standard InChI is InChI=1S/C22H26N4/c1-5-26(20-9-7-6-8-10-20)21-15-17(4)23-22(25-21)24-19-13-11-18(12-14-19)16(2)3/h6-16H,5H2,1-4H3,(H,23,24,25). The number of rotatable bonds is 6. The molecular formula is C22H26N4. The summed E-state index contributed by atoms with van der Waals surface area (Å²) in [5, 5.41) is 3.33. The van der Waals surface area contributed by atoms with Crippen molar-refractivity contribution in [3.05, 3.63) is 71.9 Å². The fourth-order valence-corrected chi connectivity index (χ4v) is 2.91. The number of hydrogen-bond donors (Lipinski definition) is 1. The number of hydrogen-bond acceptors (Lipinski definition) is 4. The molecule has 0 saturated carbocycles. The highest BCUT2D eigenvalue weighted by Crippen LogP contribution is 2.25. The number of nitrogens with one attached hydrogen (secondary N) is 1. The van der Waals surface area contributed by atoms with Gasteiger partial charge in [-0.2, -0.15) is 4.98 Å². The molecule has 3 rings (SSSR count). The highest BCUT2D eigenvalue weighted by molar-refractivity contribution is 5.62. The fourth-order valence-electron chi connectivity index (χ4n) is 2.91. The lowest BCUT2D eigenvalue weighted by Crippen LogP contribution is -2.18. The summed E-state index contributed by atoms with van der Waals surface area (Å²) in [4.78, 5) is 11.5. The largest absolute Gasteiger partial charge is 0.326 e. The van der Waals surface area contributed by atoms with Gasteiger partial charge < -0.3 is 10.2 Å². The van der Waals surface area contributed by atoms with Crippen molar-refractivity contribution >= 4 is 23.1 Å². The maximum atomic E-state index is 4.74. The third kappa shape index (κ3) is 4.20. The van der Waals surface area contributed by atoms with Gasteiger partial charge in [0.05, 0.1) is 0 Å². The van der Waals surface area contributed by atoms with Gasteiger partial charge in [-0.05, 0) is 49.6 Å². The van der Waals surface area contributed by atoms with E-state index in [1.807, 2.05) is 31.2 Å². The van der Waals surface area contributed by atoms with Gasteiger partial charge in [-0.15, -0.1) is 0 Å². The van der Waals surface area contributed by atoms with Crippen LogP contribution in [0.15, 0.2) is 60.7 Å². The summed E-state index contributed by atoms with van der Waals surface area (Å²) in [5.41, 5.74) is 4.38. The van der Waals surface area contributed by atoms with Gasteiger partial charge in [0.2, 0.25) is 5.95 Å². The van der Waals surface area contributed by atoms with E-state index in [2.05, 4.69) is 72.4 Å². The molecule has 0 aliphatic heterocycles. The summed E-state index contributed by atoms with van der Waals surface area (Å²) >= 11 is 0. The van der Waals surface area contributed by atoms with Crippen molar-refractivity contribution in [2.45, 2.75) is 33.6 Å². The first-order valence-corrected chi connectivity index (χ1v) is 9.12. The molecule has 1 heterocycles. The van der Waals surface area contributed by atoms with Gasteiger partial charge >= 0.3 is 0 Å². The zero-order chi connectivity index (χ0) is 18.5. The van der Waals surface area contributed by atoms with Gasteiger partial charge in [-0.1, -0.05) is 44.2 Å². The Balaban J connectivity index is 1.87. The van der Waals surface area contributed by atoms with E-state index in [4.69, 9.17) is 4.98 Å². The van der Waals surface area contributed by atoms with Crippen molar-refractivity contribution in [3.63, 3.8) is 0 Å². The Labute approximate surface area is 155 Å². The number of aromatic nitrogens is 2. The molecule has 0 saturated heterocycles. The highest BCUT2D eigenvalue weighted by atomic mass is 15.2. The normalized spacial score (nSPS) is 10.8. The summed E-state index contributed by atoms with van der Waals surface area (Å²) in [6, 6.07) is 20.8. The van der Waals surface area contributed by atoms with Gasteiger partial charge in [0, 0.05) is 29.7 Å². The molecule has 0 atom stereocenters. The van der Waals surface area contributed by atoms with Gasteiger partial charge in [0.15, 0.2) is 0 Å². The number of benzene rings is 2. The lowest BCUT2D eigenvalue weighted by atomic mass is 10.0. The Morgan fingerprint density at radius 3 is 2.27 bits per heavy atom. The molecule has 26 heavy (non-hydrogen) atoms. The SMILES string of the molecule is CCN(c1ccccc1)c1cc(C)nc(Nc2ccc(C(C)C)cc2)n1. The van der Waals surface area contributed by atoms with Crippen LogP contribution in [0, 0.1) is 6.92 Å². The Morgan fingerprint density at radius 2 is 1.65 bits per heavy atom. The van der Waals surface area contributed by atoms with Crippen molar-refractivity contribution < 1.29 is 0 Å². The third-order valence-corrected chi connectivity index (χ3v) is 4.33. The quantitative estimate of drug-likeness (QED) is 0.611. The molecule has 0 bridgehead atoms. The van der Waals surface area contributed by atoms with Crippen LogP contribution in [0.2, 0.25) is 0 Å². The Hall–Kier alpha value is -2.88. The van der Waals surface area contributed by atoms with E-state index in [0.717, 1.165) is 29.4 Å². The molecule has 4 nitrogen and oxygen atoms in total. The molecular weight excluding hydrogens is 320 g/mol. The molecule has 0 aliphatic carbocycles. The van der Waals surface area contributed by atoms with Crippen molar-refractivity contribution in [2.75, 3.05) is 16.8 Å². The number of para-hydroxylation sites is 1. The lowest BCUT2D eigenvalue weighted by Gasteiger charge is -2.23. The summed E-state index contributed by atoms with van der Waals surface area (Å²) in [5.74, 6) is 2.04. The van der Waals surface area contributed by atoms with Gasteiger partial charge in [0.1, 0.15) is 5.82 Å². The van der Waals surface area contributed by atoms with Crippen molar-refractivity contribution in [2.24, 2.45) is 0 Å². The van der Waals surface area contributed by atoms with Crippen LogP contribution in [0.1, 0.15) is 37.9 Å². The molecule has 134 valence electrons. The molecule has 1 N–H and O–H groups in total. The zero-order valence-electron chi connectivity index (χ0n) is 15.9. The van der Waals surface area contributed by atoms with Gasteiger partial charge in [0.25, 0.3) is 0 Å². The van der Waals surface area contributed by atoms with Crippen LogP contribution in [0.3, 0.4) is 0 Å². The van der Waals surface area contributed by atoms with E-state index in [-0.39, 0.29) is 0 Å². The number of anilines is 4. The molecule has 1 aromatic heterocycles. The van der Waals surface area contributed by atoms with Crippen LogP contribution < -0.4 is 10.2 Å². The summed E-state index contributed by atoms with van der Waals surface area (Å²) in [7, 11) is 0. The topological polar surface area (TPSA) is 41.1 Å². The Kier molecular flexibility index (Phi) is 5.52. The second-order valence-electron chi connectivity index (χ2n) is 6.67. The smallest absolute Gasteiger partial charge is 0.229 e. The first-order valence-electron chi connectivity index (χ1n) is 9.12. The Morgan fingerprint density at radius 1 is 0.962 bits per heavy atom. The minimum absolute atomic E-state index is 0.523. The van der Waals surface area contributed by atoms with Gasteiger partial charge in [-0.25, -0.2) is 4.98 Å². The second-order valence-corrected chi connectivity index (χ2v) is 6.67. The van der Waals surface area contributed by atoms with Crippen LogP contribution in [0.25, 0.3) is 0 Å². The number of aryl methyl sites for hydroxylation is 1. The minimum atomic E-state index is 0.523. The molecule has 0 amide bonds. The van der Waals surface area contributed by atoms with Crippen LogP contribution in [-0.2, 0) is 0 Å². The first kappa shape index (κ1) is 17.9. The lowest BCUT2D eigenvalue weighted by molar-refractivity contribution is 0.867. The maximum Gasteiger partial charge on any atom is 0.229 e. The molecule has 0 aliphatic rings. The van der Waals surface area contributed by atoms with E-state index >= 15 is 0 Å². The summed E-state index contributed by atoms with van der Waals surface area (Å²) in [6.45, 7) is 9.35. The van der Waals surface area contributed by atoms with Gasteiger partial charge in [-0.3, -0.25) is 0 Å². The molecule has 0 spiro atoms. The molecule has 0 unspecified atom stereocenters. The van der Waals surface area contributed by atoms with Crippen LogP contribution in [0.4, 0.5) is 23.1 Å². The average Bonchev–Trinajstić information content (AvgIpc) is 2.63. The van der Waals surface area contributed by atoms with E-state index in [1.165, 1.54) is 5.56 Å². The monoisotopic (exact) mass is 346 g/mol. The predicted octanol–water partition coefficient (Wildman–Crippen LogP) is 5.81. The highest BCUT2D eigenvalue weighted by Gasteiger charge is 2.11. The van der Waals surface area contributed by atoms with Crippen molar-refractivity contribution in [3.8, 4) is 0 Å². The van der Waals surface area contributed by atoms with Crippen LogP contribution >= 0.6 is 0 Å². The number of nitrogens with zero attached hydrogens (tertiary/aromatic N) is 3. The predicted molar refractivity (Wildman–Crippen MR) is 110 cm³/mol. The van der Waals surface area contributed by atoms with E-state index in [1.54, 1.807) is 0 Å². The van der Waals surface area contributed by atoms with E-state index in [0.29, 0.717) is 11.9 Å². The third-order valence-electron chi connectivity index (χ3n) is 4.33. The van der Waals surface area contributed by atoms with Crippen molar-refractivity contribution in [1.82, 2.24) is 9.97 Å².